The first-order valence-electron chi connectivity index (χ1n) is 7.41. The van der Waals surface area contributed by atoms with Crippen molar-refractivity contribution in [2.24, 2.45) is 5.92 Å². The molecule has 18 heavy (non-hydrogen) atoms. The lowest BCUT2D eigenvalue weighted by Crippen LogP contribution is -2.42. The fourth-order valence-corrected chi connectivity index (χ4v) is 2.94. The van der Waals surface area contributed by atoms with Crippen LogP contribution in [0.15, 0.2) is 0 Å². The van der Waals surface area contributed by atoms with E-state index in [9.17, 15) is 0 Å². The van der Waals surface area contributed by atoms with E-state index in [0.29, 0.717) is 6.04 Å². The number of nitrogens with one attached hydrogen (secondary N) is 1. The third-order valence-corrected chi connectivity index (χ3v) is 4.19. The van der Waals surface area contributed by atoms with Gasteiger partial charge in [-0.2, -0.15) is 0 Å². The molecule has 106 valence electrons. The molecule has 0 aliphatic carbocycles. The second kappa shape index (κ2) is 8.10. The van der Waals surface area contributed by atoms with Gasteiger partial charge in [-0.1, -0.05) is 0 Å². The van der Waals surface area contributed by atoms with Crippen LogP contribution in [0.2, 0.25) is 0 Å². The van der Waals surface area contributed by atoms with Gasteiger partial charge in [0, 0.05) is 46.1 Å². The monoisotopic (exact) mass is 256 g/mol. The van der Waals surface area contributed by atoms with Crippen molar-refractivity contribution < 1.29 is 9.47 Å². The van der Waals surface area contributed by atoms with Gasteiger partial charge in [-0.3, -0.25) is 0 Å². The molecule has 0 aromatic heterocycles. The van der Waals surface area contributed by atoms with Gasteiger partial charge in [0.25, 0.3) is 0 Å². The molecule has 0 aromatic rings. The molecule has 0 atom stereocenters. The first kappa shape index (κ1) is 14.3. The Morgan fingerprint density at radius 2 is 1.89 bits per heavy atom. The first-order valence-corrected chi connectivity index (χ1v) is 7.41. The lowest BCUT2D eigenvalue weighted by Gasteiger charge is -2.32. The molecule has 1 N–H and O–H groups in total. The zero-order valence-corrected chi connectivity index (χ0v) is 11.7. The zero-order chi connectivity index (χ0) is 12.6. The Balaban J connectivity index is 1.52. The molecule has 2 heterocycles. The minimum absolute atomic E-state index is 0.685. The fraction of sp³-hybridized carbons (Fsp3) is 1.00. The summed E-state index contributed by atoms with van der Waals surface area (Å²) >= 11 is 0. The molecule has 2 aliphatic heterocycles. The number of hydrogen-bond acceptors (Lipinski definition) is 4. The highest BCUT2D eigenvalue weighted by Crippen LogP contribution is 2.16. The van der Waals surface area contributed by atoms with E-state index in [1.807, 2.05) is 7.11 Å². The van der Waals surface area contributed by atoms with E-state index >= 15 is 0 Å². The molecule has 4 nitrogen and oxygen atoms in total. The van der Waals surface area contributed by atoms with Crippen LogP contribution in [-0.4, -0.2) is 64.1 Å². The van der Waals surface area contributed by atoms with Gasteiger partial charge in [0.1, 0.15) is 0 Å². The van der Waals surface area contributed by atoms with Crippen molar-refractivity contribution in [3.8, 4) is 0 Å². The quantitative estimate of drug-likeness (QED) is 0.772. The first-order chi connectivity index (χ1) is 8.88. The smallest absolute Gasteiger partial charge is 0.0491 e. The summed E-state index contributed by atoms with van der Waals surface area (Å²) in [7, 11) is 1.81. The van der Waals surface area contributed by atoms with Crippen LogP contribution < -0.4 is 5.32 Å². The fourth-order valence-electron chi connectivity index (χ4n) is 2.94. The second-order valence-corrected chi connectivity index (χ2v) is 5.58. The molecule has 4 heteroatoms. The van der Waals surface area contributed by atoms with Crippen molar-refractivity contribution in [2.75, 3.05) is 53.1 Å². The van der Waals surface area contributed by atoms with Gasteiger partial charge < -0.3 is 19.7 Å². The highest BCUT2D eigenvalue weighted by Gasteiger charge is 2.19. The van der Waals surface area contributed by atoms with E-state index < -0.39 is 0 Å². The van der Waals surface area contributed by atoms with Gasteiger partial charge in [-0.05, 0) is 44.7 Å². The van der Waals surface area contributed by atoms with E-state index in [1.165, 1.54) is 45.3 Å². The maximum atomic E-state index is 5.37. The van der Waals surface area contributed by atoms with Crippen LogP contribution in [0.25, 0.3) is 0 Å². The van der Waals surface area contributed by atoms with Crippen molar-refractivity contribution in [1.29, 1.82) is 0 Å². The number of methoxy groups -OCH3 is 1. The molecule has 0 amide bonds. The van der Waals surface area contributed by atoms with E-state index in [2.05, 4.69) is 10.2 Å². The van der Waals surface area contributed by atoms with Crippen LogP contribution >= 0.6 is 0 Å². The largest absolute Gasteiger partial charge is 0.384 e. The molecular formula is C14H28N2O2. The van der Waals surface area contributed by atoms with Crippen molar-refractivity contribution in [2.45, 2.75) is 31.7 Å². The van der Waals surface area contributed by atoms with Crippen LogP contribution in [0.5, 0.6) is 0 Å². The minimum atomic E-state index is 0.685. The standard InChI is InChI=1S/C14H28N2O2/c1-17-12-13-2-7-16(8-3-13)9-6-15-14-4-10-18-11-5-14/h13-15H,2-12H2,1H3. The van der Waals surface area contributed by atoms with Gasteiger partial charge in [0.05, 0.1) is 0 Å². The predicted octanol–water partition coefficient (Wildman–Crippen LogP) is 1.11. The predicted molar refractivity (Wildman–Crippen MR) is 72.9 cm³/mol. The normalized spacial score (nSPS) is 24.5. The van der Waals surface area contributed by atoms with Crippen molar-refractivity contribution >= 4 is 0 Å². The average Bonchev–Trinajstić information content (AvgIpc) is 2.42. The van der Waals surface area contributed by atoms with Crippen LogP contribution in [0.3, 0.4) is 0 Å². The van der Waals surface area contributed by atoms with Crippen molar-refractivity contribution in [3.63, 3.8) is 0 Å². The number of hydrogen-bond donors (Lipinski definition) is 1. The van der Waals surface area contributed by atoms with E-state index in [1.54, 1.807) is 0 Å². The minimum Gasteiger partial charge on any atom is -0.384 e. The van der Waals surface area contributed by atoms with Crippen molar-refractivity contribution in [3.05, 3.63) is 0 Å². The number of piperidine rings is 1. The van der Waals surface area contributed by atoms with Crippen LogP contribution in [0.1, 0.15) is 25.7 Å². The molecule has 2 fully saturated rings. The number of rotatable bonds is 6. The van der Waals surface area contributed by atoms with E-state index in [4.69, 9.17) is 9.47 Å². The summed E-state index contributed by atoms with van der Waals surface area (Å²) in [5.41, 5.74) is 0. The van der Waals surface area contributed by atoms with Crippen molar-refractivity contribution in [1.82, 2.24) is 10.2 Å². The Labute approximate surface area is 111 Å². The summed E-state index contributed by atoms with van der Waals surface area (Å²) in [5, 5.41) is 3.66. The molecule has 0 radical (unpaired) electrons. The Morgan fingerprint density at radius 3 is 2.56 bits per heavy atom. The van der Waals surface area contributed by atoms with Crippen LogP contribution in [0.4, 0.5) is 0 Å². The van der Waals surface area contributed by atoms with Gasteiger partial charge in [-0.25, -0.2) is 0 Å². The number of nitrogens with zero attached hydrogens (tertiary/aromatic N) is 1. The lowest BCUT2D eigenvalue weighted by molar-refractivity contribution is 0.0751. The Kier molecular flexibility index (Phi) is 6.41. The number of likely N-dealkylation sites (tertiary alicyclic amines) is 1. The summed E-state index contributed by atoms with van der Waals surface area (Å²) in [6, 6.07) is 0.685. The topological polar surface area (TPSA) is 33.7 Å². The SMILES string of the molecule is COCC1CCN(CCNC2CCOCC2)CC1. The summed E-state index contributed by atoms with van der Waals surface area (Å²) in [6.45, 7) is 7.60. The van der Waals surface area contributed by atoms with E-state index in [0.717, 1.165) is 32.3 Å². The van der Waals surface area contributed by atoms with Crippen LogP contribution in [0, 0.1) is 5.92 Å². The van der Waals surface area contributed by atoms with Crippen LogP contribution in [-0.2, 0) is 9.47 Å². The van der Waals surface area contributed by atoms with Gasteiger partial charge >= 0.3 is 0 Å². The zero-order valence-electron chi connectivity index (χ0n) is 11.7. The molecule has 0 saturated carbocycles. The molecule has 0 bridgehead atoms. The Hall–Kier alpha value is -0.160. The third kappa shape index (κ3) is 4.84. The lowest BCUT2D eigenvalue weighted by atomic mass is 9.98. The summed E-state index contributed by atoms with van der Waals surface area (Å²) in [5.74, 6) is 0.787. The second-order valence-electron chi connectivity index (χ2n) is 5.58. The maximum absolute atomic E-state index is 5.37. The summed E-state index contributed by atoms with van der Waals surface area (Å²) in [6.07, 6.45) is 4.95. The molecule has 0 unspecified atom stereocenters. The highest BCUT2D eigenvalue weighted by atomic mass is 16.5. The van der Waals surface area contributed by atoms with Gasteiger partial charge in [0.15, 0.2) is 0 Å². The molecule has 0 spiro atoms. The average molecular weight is 256 g/mol. The highest BCUT2D eigenvalue weighted by molar-refractivity contribution is 4.74. The maximum Gasteiger partial charge on any atom is 0.0491 e. The summed E-state index contributed by atoms with van der Waals surface area (Å²) in [4.78, 5) is 2.58. The Bertz CT molecular complexity index is 212. The van der Waals surface area contributed by atoms with Gasteiger partial charge in [0.2, 0.25) is 0 Å². The summed E-state index contributed by atoms with van der Waals surface area (Å²) < 4.78 is 10.6. The van der Waals surface area contributed by atoms with E-state index in [-0.39, 0.29) is 0 Å². The molecule has 2 aliphatic rings. The Morgan fingerprint density at radius 1 is 1.17 bits per heavy atom. The third-order valence-electron chi connectivity index (χ3n) is 4.19. The molecule has 2 saturated heterocycles. The molecular weight excluding hydrogens is 228 g/mol. The molecule has 0 aromatic carbocycles. The molecule has 2 rings (SSSR count). The van der Waals surface area contributed by atoms with Gasteiger partial charge in [-0.15, -0.1) is 0 Å². The number of ether oxygens (including phenoxy) is 2.